The molecule has 0 saturated heterocycles. The number of aliphatic hydroxyl groups excluding tert-OH is 1. The number of rotatable bonds is 39. The van der Waals surface area contributed by atoms with Crippen LogP contribution in [0.3, 0.4) is 0 Å². The van der Waals surface area contributed by atoms with Crippen molar-refractivity contribution in [1.29, 1.82) is 0 Å². The third-order valence-corrected chi connectivity index (χ3v) is 15.9. The van der Waals surface area contributed by atoms with Crippen molar-refractivity contribution in [1.82, 2.24) is 63.5 Å². The largest absolute Gasteiger partial charge is 0.391 e. The lowest BCUT2D eigenvalue weighted by Gasteiger charge is -2.30. The Bertz CT molecular complexity index is 2770. The normalized spacial score (nSPS) is 16.9. The molecule has 1 aliphatic rings. The first kappa shape index (κ1) is 77.5. The number of hydrogen-bond donors (Lipinski definition) is 17. The van der Waals surface area contributed by atoms with Crippen molar-refractivity contribution in [2.45, 2.75) is 238 Å². The monoisotopic (exact) mass is 1280 g/mol. The van der Waals surface area contributed by atoms with E-state index in [4.69, 9.17) is 22.9 Å². The van der Waals surface area contributed by atoms with E-state index in [1.807, 2.05) is 0 Å². The van der Waals surface area contributed by atoms with Crippen molar-refractivity contribution in [3.8, 4) is 0 Å². The van der Waals surface area contributed by atoms with Crippen LogP contribution in [0, 0.1) is 17.8 Å². The molecule has 1 aromatic heterocycles. The summed E-state index contributed by atoms with van der Waals surface area (Å²) < 4.78 is 0. The first-order valence-electron chi connectivity index (χ1n) is 31.9. The third-order valence-electron chi connectivity index (χ3n) is 15.9. The van der Waals surface area contributed by atoms with Gasteiger partial charge in [-0.25, -0.2) is 0 Å². The number of carbonyl (C=O) groups is 12. The number of amides is 12. The molecule has 29 nitrogen and oxygen atoms in total. The summed E-state index contributed by atoms with van der Waals surface area (Å²) in [5, 5.41) is 40.6. The number of aliphatic hydroxyl groups is 1. The molecule has 1 aliphatic carbocycles. The van der Waals surface area contributed by atoms with E-state index in [-0.39, 0.29) is 50.5 Å². The van der Waals surface area contributed by atoms with E-state index >= 15 is 0 Å². The Kier molecular flexibility index (Phi) is 33.1. The van der Waals surface area contributed by atoms with Crippen molar-refractivity contribution < 1.29 is 62.6 Å². The molecule has 29 heteroatoms. The number of para-hydroxylation sites is 1. The molecule has 1 aromatic carbocycles. The fourth-order valence-corrected chi connectivity index (χ4v) is 10.4. The summed E-state index contributed by atoms with van der Waals surface area (Å²) in [6.07, 6.45) is 7.08. The van der Waals surface area contributed by atoms with Gasteiger partial charge in [0.2, 0.25) is 70.9 Å². The number of aromatic nitrogens is 1. The van der Waals surface area contributed by atoms with Gasteiger partial charge in [0.05, 0.1) is 12.1 Å². The second-order valence-electron chi connectivity index (χ2n) is 24.9. The van der Waals surface area contributed by atoms with Gasteiger partial charge in [-0.05, 0) is 135 Å². The van der Waals surface area contributed by atoms with Crippen molar-refractivity contribution in [3.05, 3.63) is 36.0 Å². The van der Waals surface area contributed by atoms with Crippen LogP contribution in [-0.4, -0.2) is 173 Å². The quantitative estimate of drug-likeness (QED) is 0.0331. The predicted octanol–water partition coefficient (Wildman–Crippen LogP) is -1.73. The number of primary amides is 1. The van der Waals surface area contributed by atoms with Crippen molar-refractivity contribution in [2.75, 3.05) is 13.1 Å². The average Bonchev–Trinajstić information content (AvgIpc) is 2.47. The van der Waals surface area contributed by atoms with Gasteiger partial charge < -0.3 is 91.5 Å². The molecule has 1 heterocycles. The number of nitrogens with two attached hydrogens (primary N) is 4. The maximum absolute atomic E-state index is 14.5. The van der Waals surface area contributed by atoms with E-state index in [1.165, 1.54) is 41.5 Å². The van der Waals surface area contributed by atoms with E-state index in [9.17, 15) is 62.6 Å². The van der Waals surface area contributed by atoms with Gasteiger partial charge >= 0.3 is 0 Å². The Morgan fingerprint density at radius 1 is 0.495 bits per heavy atom. The van der Waals surface area contributed by atoms with Crippen LogP contribution >= 0.6 is 0 Å². The lowest BCUT2D eigenvalue weighted by Crippen LogP contribution is -2.62. The summed E-state index contributed by atoms with van der Waals surface area (Å²) in [6.45, 7) is 15.8. The lowest BCUT2D eigenvalue weighted by atomic mass is 9.84. The van der Waals surface area contributed by atoms with E-state index in [0.29, 0.717) is 48.7 Å². The topological polar surface area (TPSA) is 477 Å². The van der Waals surface area contributed by atoms with Gasteiger partial charge in [-0.3, -0.25) is 57.5 Å². The minimum absolute atomic E-state index is 0.0255. The zero-order chi connectivity index (χ0) is 68.2. The van der Waals surface area contributed by atoms with Crippen molar-refractivity contribution in [2.24, 2.45) is 40.7 Å². The van der Waals surface area contributed by atoms with Gasteiger partial charge in [0.1, 0.15) is 66.5 Å². The van der Waals surface area contributed by atoms with Gasteiger partial charge in [-0.1, -0.05) is 78.0 Å². The SMILES string of the molecule is CC(C)C[C@H](NC(=O)[C@@H](NC(=O)[C@H](Cc1c[nH]c2ccccc12)NC(=O)[C@H](C)NC(=O)[C@H](C)NC(=O)[C@@H](NC(=O)[C@H](CC1CCCCC1)NC(=O)[C@H](CCCCN)NC(=O)[C@@H](C)N)C(C)C)[C@@H](C)O)C(=O)N[C@@H](CCCCN)C(=O)N[C@@H](C)C(=O)N[C@H](C)C(N)=O. The molecule has 0 spiro atoms. The predicted molar refractivity (Wildman–Crippen MR) is 342 cm³/mol. The summed E-state index contributed by atoms with van der Waals surface area (Å²) in [7, 11) is 0. The summed E-state index contributed by atoms with van der Waals surface area (Å²) in [5.74, 6) is -9.85. The Balaban J connectivity index is 1.83. The van der Waals surface area contributed by atoms with Crippen LogP contribution in [0.25, 0.3) is 10.9 Å². The molecule has 2 aromatic rings. The fraction of sp³-hybridized carbons (Fsp3) is 0.677. The van der Waals surface area contributed by atoms with Gasteiger partial charge in [-0.2, -0.15) is 0 Å². The van der Waals surface area contributed by atoms with E-state index < -0.39 is 155 Å². The first-order valence-corrected chi connectivity index (χ1v) is 31.9. The Labute approximate surface area is 533 Å². The Morgan fingerprint density at radius 3 is 1.45 bits per heavy atom. The average molecular weight is 1280 g/mol. The van der Waals surface area contributed by atoms with Crippen LogP contribution in [0.4, 0.5) is 0 Å². The highest BCUT2D eigenvalue weighted by molar-refractivity contribution is 6.00. The number of fused-ring (bicyclic) bond motifs is 1. The number of H-pyrrole nitrogens is 1. The van der Waals surface area contributed by atoms with Crippen LogP contribution in [-0.2, 0) is 64.0 Å². The molecular weight excluding hydrogens is 1180 g/mol. The van der Waals surface area contributed by atoms with Gasteiger partial charge in [0.25, 0.3) is 0 Å². The molecule has 0 unspecified atom stereocenters. The fourth-order valence-electron chi connectivity index (χ4n) is 10.4. The zero-order valence-corrected chi connectivity index (χ0v) is 54.6. The maximum atomic E-state index is 14.5. The lowest BCUT2D eigenvalue weighted by molar-refractivity contribution is -0.137. The summed E-state index contributed by atoms with van der Waals surface area (Å²) in [4.78, 5) is 167. The molecule has 3 rings (SSSR count). The van der Waals surface area contributed by atoms with Crippen LogP contribution in [0.5, 0.6) is 0 Å². The number of hydrogen-bond acceptors (Lipinski definition) is 16. The smallest absolute Gasteiger partial charge is 0.245 e. The molecule has 13 atom stereocenters. The first-order chi connectivity index (χ1) is 42.9. The number of unbranched alkanes of at least 4 members (excludes halogenated alkanes) is 2. The van der Waals surface area contributed by atoms with Gasteiger partial charge in [-0.15, -0.1) is 0 Å². The highest BCUT2D eigenvalue weighted by Gasteiger charge is 2.38. The van der Waals surface area contributed by atoms with Crippen molar-refractivity contribution >= 4 is 81.8 Å². The standard InChI is InChI=1S/C62H104N16O13/c1-32(2)28-46(58(87)73-44(24-16-18-26-63)56(85)70-36(7)53(82)68-35(6)51(66)80)76-62(91)50(39(10)79)78-60(89)48(30-41-31-67-43-23-15-14-22-42(41)43)74-55(84)38(9)69-54(83)37(8)71-61(90)49(33(3)4)77-59(88)47(29-40-20-12-11-13-21-40)75-57(86)45(25-17-19-27-64)72-52(81)34(5)65/h14-15,22-23,31-40,44-50,67,79H,11-13,16-21,24-30,63-65H2,1-10H3,(H2,66,80)(H,68,82)(H,69,83)(H,70,85)(H,71,90)(H,72,81)(H,73,87)(H,74,84)(H,75,86)(H,76,91)(H,77,88)(H,78,89)/t34-,35-,36+,37+,38+,39-,44+,45+,46+,47+,48+,49+,50+/m1/s1. The zero-order valence-electron chi connectivity index (χ0n) is 54.6. The van der Waals surface area contributed by atoms with E-state index in [1.54, 1.807) is 58.2 Å². The summed E-state index contributed by atoms with van der Waals surface area (Å²) in [5.41, 5.74) is 23.8. The van der Waals surface area contributed by atoms with Crippen LogP contribution in [0.2, 0.25) is 0 Å². The second kappa shape index (κ2) is 38.8. The summed E-state index contributed by atoms with van der Waals surface area (Å²) in [6, 6.07) is -7.64. The maximum Gasteiger partial charge on any atom is 0.245 e. The number of benzene rings is 1. The number of nitrogens with one attached hydrogen (secondary N) is 12. The van der Waals surface area contributed by atoms with Crippen molar-refractivity contribution in [3.63, 3.8) is 0 Å². The number of aromatic amines is 1. The second-order valence-corrected chi connectivity index (χ2v) is 24.9. The molecule has 0 bridgehead atoms. The molecule has 12 amide bonds. The molecule has 1 fully saturated rings. The van der Waals surface area contributed by atoms with E-state index in [2.05, 4.69) is 63.5 Å². The molecular formula is C62H104N16O13. The molecule has 0 radical (unpaired) electrons. The van der Waals surface area contributed by atoms with Gasteiger partial charge in [0, 0.05) is 23.5 Å². The van der Waals surface area contributed by atoms with Crippen LogP contribution < -0.4 is 81.4 Å². The molecule has 510 valence electrons. The molecule has 1 saturated carbocycles. The highest BCUT2D eigenvalue weighted by atomic mass is 16.3. The van der Waals surface area contributed by atoms with Gasteiger partial charge in [0.15, 0.2) is 0 Å². The summed E-state index contributed by atoms with van der Waals surface area (Å²) >= 11 is 0. The van der Waals surface area contributed by atoms with Crippen LogP contribution in [0.1, 0.15) is 158 Å². The number of carbonyl (C=O) groups excluding carboxylic acids is 12. The van der Waals surface area contributed by atoms with Crippen LogP contribution in [0.15, 0.2) is 30.5 Å². The molecule has 91 heavy (non-hydrogen) atoms. The third kappa shape index (κ3) is 26.2. The molecule has 0 aliphatic heterocycles. The minimum atomic E-state index is -1.73. The Morgan fingerprint density at radius 2 is 0.923 bits per heavy atom. The van der Waals surface area contributed by atoms with E-state index in [0.717, 1.165) is 32.1 Å². The highest BCUT2D eigenvalue weighted by Crippen LogP contribution is 2.28. The molecule has 21 N–H and O–H groups in total. The minimum Gasteiger partial charge on any atom is -0.391 e. The Hall–Kier alpha value is -7.76.